The molecule has 7 heteroatoms. The van der Waals surface area contributed by atoms with Gasteiger partial charge in [0.15, 0.2) is 0 Å². The van der Waals surface area contributed by atoms with E-state index in [0.717, 1.165) is 36.0 Å². The maximum absolute atomic E-state index is 13.8. The van der Waals surface area contributed by atoms with Crippen molar-refractivity contribution in [3.8, 4) is 5.75 Å². The molecule has 0 unspecified atom stereocenters. The number of ether oxygens (including phenoxy) is 1. The van der Waals surface area contributed by atoms with Gasteiger partial charge >= 0.3 is 0 Å². The van der Waals surface area contributed by atoms with Gasteiger partial charge in [-0.05, 0) is 54.7 Å². The Kier molecular flexibility index (Phi) is 9.71. The number of benzene rings is 3. The number of hydrogen-bond acceptors (Lipinski definition) is 4. The lowest BCUT2D eigenvalue weighted by Crippen LogP contribution is -2.37. The number of hydrogen-bond donors (Lipinski definition) is 2. The molecule has 1 aliphatic heterocycles. The zero-order chi connectivity index (χ0) is 27.7. The molecule has 0 saturated carbocycles. The molecule has 2 N–H and O–H groups in total. The van der Waals surface area contributed by atoms with Gasteiger partial charge in [0.05, 0.1) is 13.2 Å². The molecule has 3 aromatic rings. The summed E-state index contributed by atoms with van der Waals surface area (Å²) in [4.78, 5) is 27.9. The minimum Gasteiger partial charge on any atom is -0.493 e. The van der Waals surface area contributed by atoms with Gasteiger partial charge < -0.3 is 15.4 Å². The van der Waals surface area contributed by atoms with E-state index in [9.17, 15) is 14.0 Å². The molecule has 0 fully saturated rings. The first kappa shape index (κ1) is 28.3. The molecule has 2 amide bonds. The van der Waals surface area contributed by atoms with Crippen molar-refractivity contribution in [1.29, 1.82) is 0 Å². The summed E-state index contributed by atoms with van der Waals surface area (Å²) in [6.45, 7) is 6.89. The molecule has 0 saturated heterocycles. The van der Waals surface area contributed by atoms with E-state index in [4.69, 9.17) is 4.74 Å². The molecule has 0 radical (unpaired) electrons. The average molecular weight is 532 g/mol. The normalized spacial score (nSPS) is 15.5. The van der Waals surface area contributed by atoms with Gasteiger partial charge in [-0.25, -0.2) is 4.39 Å². The first-order chi connectivity index (χ1) is 18.8. The van der Waals surface area contributed by atoms with Crippen LogP contribution < -0.4 is 15.4 Å². The third-order valence-corrected chi connectivity index (χ3v) is 7.04. The minimum atomic E-state index is -0.443. The van der Waals surface area contributed by atoms with Gasteiger partial charge in [0.2, 0.25) is 5.91 Å². The second-order valence-corrected chi connectivity index (χ2v) is 10.8. The van der Waals surface area contributed by atoms with Gasteiger partial charge in [0, 0.05) is 42.7 Å². The van der Waals surface area contributed by atoms with Crippen LogP contribution in [0, 0.1) is 5.82 Å². The number of rotatable bonds is 6. The number of carbonyl (C=O) groups is 2. The number of fused-ring (bicyclic) bond motifs is 1. The van der Waals surface area contributed by atoms with E-state index in [-0.39, 0.29) is 24.2 Å². The van der Waals surface area contributed by atoms with Crippen LogP contribution in [0.25, 0.3) is 0 Å². The Hall–Kier alpha value is -3.71. The Labute approximate surface area is 230 Å². The lowest BCUT2D eigenvalue weighted by molar-refractivity contribution is -0.122. The van der Waals surface area contributed by atoms with E-state index < -0.39 is 5.41 Å². The summed E-state index contributed by atoms with van der Waals surface area (Å²) in [7, 11) is 0. The van der Waals surface area contributed by atoms with Gasteiger partial charge in [-0.2, -0.15) is 0 Å². The van der Waals surface area contributed by atoms with Crippen molar-refractivity contribution in [2.24, 2.45) is 0 Å². The highest BCUT2D eigenvalue weighted by Gasteiger charge is 2.23. The van der Waals surface area contributed by atoms with Gasteiger partial charge in [0.1, 0.15) is 11.6 Å². The number of carbonyl (C=O) groups excluding carboxylic acids is 2. The number of halogens is 1. The minimum absolute atomic E-state index is 0.00422. The summed E-state index contributed by atoms with van der Waals surface area (Å²) < 4.78 is 19.9. The Bertz CT molecular complexity index is 1260. The number of nitrogens with one attached hydrogen (secondary N) is 2. The Morgan fingerprint density at radius 1 is 1.00 bits per heavy atom. The Morgan fingerprint density at radius 2 is 1.82 bits per heavy atom. The van der Waals surface area contributed by atoms with Crippen molar-refractivity contribution < 1.29 is 18.7 Å². The number of amides is 2. The van der Waals surface area contributed by atoms with Crippen LogP contribution in [0.2, 0.25) is 0 Å². The monoisotopic (exact) mass is 531 g/mol. The summed E-state index contributed by atoms with van der Waals surface area (Å²) in [5.74, 6) is 0.155. The predicted octanol–water partition coefficient (Wildman–Crippen LogP) is 5.21. The quantitative estimate of drug-likeness (QED) is 0.458. The van der Waals surface area contributed by atoms with Crippen molar-refractivity contribution in [2.45, 2.75) is 51.6 Å². The van der Waals surface area contributed by atoms with Gasteiger partial charge in [-0.1, -0.05) is 62.4 Å². The molecule has 0 atom stereocenters. The second kappa shape index (κ2) is 13.4. The van der Waals surface area contributed by atoms with Crippen LogP contribution in [-0.4, -0.2) is 43.0 Å². The SMILES string of the molecule is CC(C)(CNC(=O)c1ccc2c(c1)OCCCCCNC(=O)CN(Cc1ccccc1)C2)c1cccc(F)c1. The Balaban J connectivity index is 1.52. The largest absolute Gasteiger partial charge is 0.493 e. The van der Waals surface area contributed by atoms with Crippen LogP contribution in [0.15, 0.2) is 72.8 Å². The zero-order valence-corrected chi connectivity index (χ0v) is 22.8. The van der Waals surface area contributed by atoms with Gasteiger partial charge in [-0.15, -0.1) is 0 Å². The molecule has 6 nitrogen and oxygen atoms in total. The van der Waals surface area contributed by atoms with Crippen molar-refractivity contribution in [2.75, 3.05) is 26.2 Å². The fourth-order valence-electron chi connectivity index (χ4n) is 4.70. The smallest absolute Gasteiger partial charge is 0.251 e. The molecular weight excluding hydrogens is 493 g/mol. The van der Waals surface area contributed by atoms with Crippen LogP contribution in [0.3, 0.4) is 0 Å². The summed E-state index contributed by atoms with van der Waals surface area (Å²) >= 11 is 0. The first-order valence-electron chi connectivity index (χ1n) is 13.6. The van der Waals surface area contributed by atoms with Crippen molar-refractivity contribution >= 4 is 11.8 Å². The van der Waals surface area contributed by atoms with Crippen LogP contribution in [-0.2, 0) is 23.3 Å². The maximum atomic E-state index is 13.8. The third-order valence-electron chi connectivity index (χ3n) is 7.04. The maximum Gasteiger partial charge on any atom is 0.251 e. The standard InChI is InChI=1S/C32H38FN3O3/c1-32(2,27-12-9-13-28(33)19-27)23-35-31(38)25-14-15-26-21-36(20-24-10-5-3-6-11-24)22-30(37)34-16-7-4-8-17-39-29(26)18-25/h3,5-6,9-15,18-19H,4,7-8,16-17,20-23H2,1-2H3,(H,34,37)(H,35,38). The molecule has 4 rings (SSSR count). The molecule has 0 bridgehead atoms. The van der Waals surface area contributed by atoms with Gasteiger partial charge in [0.25, 0.3) is 5.91 Å². The molecule has 1 heterocycles. The van der Waals surface area contributed by atoms with E-state index in [1.165, 1.54) is 12.1 Å². The fourth-order valence-corrected chi connectivity index (χ4v) is 4.70. The average Bonchev–Trinajstić information content (AvgIpc) is 2.93. The Morgan fingerprint density at radius 3 is 2.62 bits per heavy atom. The lowest BCUT2D eigenvalue weighted by atomic mass is 9.84. The van der Waals surface area contributed by atoms with Crippen molar-refractivity contribution in [1.82, 2.24) is 15.5 Å². The van der Waals surface area contributed by atoms with Gasteiger partial charge in [-0.3, -0.25) is 14.5 Å². The van der Waals surface area contributed by atoms with E-state index in [0.29, 0.717) is 44.1 Å². The highest BCUT2D eigenvalue weighted by Crippen LogP contribution is 2.26. The molecule has 3 aromatic carbocycles. The van der Waals surface area contributed by atoms with Crippen LogP contribution >= 0.6 is 0 Å². The van der Waals surface area contributed by atoms with Crippen molar-refractivity contribution in [3.63, 3.8) is 0 Å². The number of nitrogens with zero attached hydrogens (tertiary/aromatic N) is 1. The van der Waals surface area contributed by atoms with E-state index in [1.54, 1.807) is 18.2 Å². The highest BCUT2D eigenvalue weighted by atomic mass is 19.1. The lowest BCUT2D eigenvalue weighted by Gasteiger charge is -2.26. The predicted molar refractivity (Wildman–Crippen MR) is 151 cm³/mol. The molecule has 0 aromatic heterocycles. The highest BCUT2D eigenvalue weighted by molar-refractivity contribution is 5.94. The van der Waals surface area contributed by atoms with E-state index in [1.807, 2.05) is 44.2 Å². The van der Waals surface area contributed by atoms with Crippen LogP contribution in [0.5, 0.6) is 5.75 Å². The summed E-state index contributed by atoms with van der Waals surface area (Å²) in [5, 5.41) is 6.04. The molecule has 206 valence electrons. The topological polar surface area (TPSA) is 70.7 Å². The third kappa shape index (κ3) is 8.39. The fraction of sp³-hybridized carbons (Fsp3) is 0.375. The summed E-state index contributed by atoms with van der Waals surface area (Å²) in [6.07, 6.45) is 2.70. The van der Waals surface area contributed by atoms with Crippen molar-refractivity contribution in [3.05, 3.63) is 101 Å². The summed E-state index contributed by atoms with van der Waals surface area (Å²) in [6, 6.07) is 22.0. The molecule has 0 spiro atoms. The second-order valence-electron chi connectivity index (χ2n) is 10.8. The first-order valence-corrected chi connectivity index (χ1v) is 13.6. The zero-order valence-electron chi connectivity index (χ0n) is 22.8. The van der Waals surface area contributed by atoms with Crippen LogP contribution in [0.1, 0.15) is 60.2 Å². The molecule has 1 aliphatic rings. The molecule has 39 heavy (non-hydrogen) atoms. The molecule has 0 aliphatic carbocycles. The molecular formula is C32H38FN3O3. The van der Waals surface area contributed by atoms with E-state index >= 15 is 0 Å². The van der Waals surface area contributed by atoms with Crippen LogP contribution in [0.4, 0.5) is 4.39 Å². The summed E-state index contributed by atoms with van der Waals surface area (Å²) in [5.41, 5.74) is 2.92. The van der Waals surface area contributed by atoms with E-state index in [2.05, 4.69) is 27.7 Å².